The zero-order chi connectivity index (χ0) is 20.1. The van der Waals surface area contributed by atoms with Crippen molar-refractivity contribution in [3.63, 3.8) is 0 Å². The van der Waals surface area contributed by atoms with Gasteiger partial charge in [-0.05, 0) is 42.5 Å². The fourth-order valence-electron chi connectivity index (χ4n) is 3.77. The maximum Gasteiger partial charge on any atom is 0.246 e. The molecule has 0 saturated carbocycles. The van der Waals surface area contributed by atoms with Crippen LogP contribution in [0, 0.1) is 0 Å². The lowest BCUT2D eigenvalue weighted by atomic mass is 10.0. The SMILES string of the molecule is O=C(N[C@H](C=CC(=O)N1Cc2ccccc2C1)CCc1ccccc1)[C@@H]1CCN1. The minimum Gasteiger partial charge on any atom is -0.349 e. The Balaban J connectivity index is 1.38. The van der Waals surface area contributed by atoms with Crippen molar-refractivity contribution in [2.75, 3.05) is 6.54 Å². The van der Waals surface area contributed by atoms with Gasteiger partial charge in [0.2, 0.25) is 11.8 Å². The van der Waals surface area contributed by atoms with Crippen molar-refractivity contribution < 1.29 is 9.59 Å². The fourth-order valence-corrected chi connectivity index (χ4v) is 3.77. The van der Waals surface area contributed by atoms with Crippen molar-refractivity contribution in [3.05, 3.63) is 83.4 Å². The van der Waals surface area contributed by atoms with E-state index < -0.39 is 0 Å². The molecule has 2 amide bonds. The number of carbonyl (C=O) groups excluding carboxylic acids is 2. The van der Waals surface area contributed by atoms with Crippen LogP contribution < -0.4 is 10.6 Å². The summed E-state index contributed by atoms with van der Waals surface area (Å²) in [6.45, 7) is 2.18. The van der Waals surface area contributed by atoms with Crippen LogP contribution in [0.1, 0.15) is 29.5 Å². The standard InChI is InChI=1S/C24H27N3O2/c28-23(27-16-19-8-4-5-9-20(19)17-27)13-12-21(26-24(29)22-14-15-25-22)11-10-18-6-2-1-3-7-18/h1-9,12-13,21-22,25H,10-11,14-17H2,(H,26,29)/t21-,22-/m0/s1. The van der Waals surface area contributed by atoms with Gasteiger partial charge in [-0.15, -0.1) is 0 Å². The third kappa shape index (κ3) is 4.93. The fraction of sp³-hybridized carbons (Fsp3) is 0.333. The summed E-state index contributed by atoms with van der Waals surface area (Å²) < 4.78 is 0. The Bertz CT molecular complexity index is 865. The molecule has 4 rings (SSSR count). The Morgan fingerprint density at radius 3 is 2.34 bits per heavy atom. The molecule has 2 atom stereocenters. The minimum atomic E-state index is -0.168. The molecule has 0 spiro atoms. The summed E-state index contributed by atoms with van der Waals surface area (Å²) in [5.41, 5.74) is 3.64. The molecular weight excluding hydrogens is 362 g/mol. The van der Waals surface area contributed by atoms with Crippen LogP contribution in [0.5, 0.6) is 0 Å². The molecule has 2 heterocycles. The van der Waals surface area contributed by atoms with Gasteiger partial charge in [-0.3, -0.25) is 9.59 Å². The van der Waals surface area contributed by atoms with Gasteiger partial charge in [0.15, 0.2) is 0 Å². The number of amides is 2. The van der Waals surface area contributed by atoms with Crippen LogP contribution in [0.4, 0.5) is 0 Å². The average Bonchev–Trinajstić information content (AvgIpc) is 3.13. The van der Waals surface area contributed by atoms with Gasteiger partial charge >= 0.3 is 0 Å². The minimum absolute atomic E-state index is 0.0121. The highest BCUT2D eigenvalue weighted by Crippen LogP contribution is 2.22. The lowest BCUT2D eigenvalue weighted by Crippen LogP contribution is -2.54. The number of aryl methyl sites for hydroxylation is 1. The highest BCUT2D eigenvalue weighted by atomic mass is 16.2. The first-order chi connectivity index (χ1) is 14.2. The maximum atomic E-state index is 12.7. The molecule has 2 aliphatic rings. The third-order valence-corrected chi connectivity index (χ3v) is 5.68. The number of nitrogens with one attached hydrogen (secondary N) is 2. The normalized spacial score (nSPS) is 18.9. The summed E-state index contributed by atoms with van der Waals surface area (Å²) in [6.07, 6.45) is 5.94. The quantitative estimate of drug-likeness (QED) is 0.716. The Morgan fingerprint density at radius 1 is 1.07 bits per heavy atom. The Hall–Kier alpha value is -2.92. The number of rotatable bonds is 7. The number of nitrogens with zero attached hydrogens (tertiary/aromatic N) is 1. The highest BCUT2D eigenvalue weighted by molar-refractivity contribution is 5.88. The molecule has 1 saturated heterocycles. The molecule has 5 heteroatoms. The van der Waals surface area contributed by atoms with Crippen LogP contribution in [0.15, 0.2) is 66.7 Å². The first-order valence-corrected chi connectivity index (χ1v) is 10.3. The Labute approximate surface area is 171 Å². The second-order valence-electron chi connectivity index (χ2n) is 7.76. The van der Waals surface area contributed by atoms with E-state index in [1.165, 1.54) is 16.7 Å². The largest absolute Gasteiger partial charge is 0.349 e. The van der Waals surface area contributed by atoms with Crippen LogP contribution in [0.2, 0.25) is 0 Å². The van der Waals surface area contributed by atoms with Gasteiger partial charge in [0.1, 0.15) is 0 Å². The predicted molar refractivity (Wildman–Crippen MR) is 113 cm³/mol. The van der Waals surface area contributed by atoms with Crippen molar-refractivity contribution in [2.24, 2.45) is 0 Å². The molecule has 2 aromatic rings. The van der Waals surface area contributed by atoms with Crippen LogP contribution in [-0.4, -0.2) is 35.3 Å². The van der Waals surface area contributed by atoms with Gasteiger partial charge in [-0.1, -0.05) is 60.7 Å². The predicted octanol–water partition coefficient (Wildman–Crippen LogP) is 2.56. The van der Waals surface area contributed by atoms with Gasteiger partial charge in [0, 0.05) is 25.2 Å². The number of fused-ring (bicyclic) bond motifs is 1. The van der Waals surface area contributed by atoms with E-state index >= 15 is 0 Å². The lowest BCUT2D eigenvalue weighted by molar-refractivity contribution is -0.127. The lowest BCUT2D eigenvalue weighted by Gasteiger charge is -2.28. The van der Waals surface area contributed by atoms with E-state index in [1.807, 2.05) is 41.3 Å². The van der Waals surface area contributed by atoms with Gasteiger partial charge in [0.05, 0.1) is 6.04 Å². The van der Waals surface area contributed by atoms with Crippen LogP contribution >= 0.6 is 0 Å². The van der Waals surface area contributed by atoms with E-state index in [1.54, 1.807) is 6.08 Å². The second kappa shape index (κ2) is 9.05. The summed E-state index contributed by atoms with van der Waals surface area (Å²) >= 11 is 0. The molecule has 5 nitrogen and oxygen atoms in total. The van der Waals surface area contributed by atoms with Gasteiger partial charge in [0.25, 0.3) is 0 Å². The van der Waals surface area contributed by atoms with Crippen molar-refractivity contribution in [1.29, 1.82) is 0 Å². The number of carbonyl (C=O) groups is 2. The Morgan fingerprint density at radius 2 is 1.72 bits per heavy atom. The molecular formula is C24H27N3O2. The first kappa shape index (κ1) is 19.4. The smallest absolute Gasteiger partial charge is 0.246 e. The molecule has 2 aliphatic heterocycles. The van der Waals surface area contributed by atoms with E-state index in [4.69, 9.17) is 0 Å². The van der Waals surface area contributed by atoms with E-state index in [9.17, 15) is 9.59 Å². The van der Waals surface area contributed by atoms with Gasteiger partial charge < -0.3 is 15.5 Å². The average molecular weight is 389 g/mol. The van der Waals surface area contributed by atoms with Gasteiger partial charge in [-0.2, -0.15) is 0 Å². The molecule has 0 radical (unpaired) electrons. The van der Waals surface area contributed by atoms with E-state index in [0.29, 0.717) is 13.1 Å². The molecule has 1 fully saturated rings. The molecule has 2 aromatic carbocycles. The molecule has 0 bridgehead atoms. The van der Waals surface area contributed by atoms with Crippen molar-refractivity contribution in [1.82, 2.24) is 15.5 Å². The van der Waals surface area contributed by atoms with E-state index in [-0.39, 0.29) is 23.9 Å². The number of benzene rings is 2. The van der Waals surface area contributed by atoms with Crippen molar-refractivity contribution >= 4 is 11.8 Å². The first-order valence-electron chi connectivity index (χ1n) is 10.3. The second-order valence-corrected chi connectivity index (χ2v) is 7.76. The molecule has 0 aromatic heterocycles. The zero-order valence-corrected chi connectivity index (χ0v) is 16.5. The summed E-state index contributed by atoms with van der Waals surface area (Å²) in [4.78, 5) is 26.9. The molecule has 29 heavy (non-hydrogen) atoms. The molecule has 0 unspecified atom stereocenters. The summed E-state index contributed by atoms with van der Waals surface area (Å²) in [5.74, 6) is 0.00178. The van der Waals surface area contributed by atoms with Gasteiger partial charge in [-0.25, -0.2) is 0 Å². The highest BCUT2D eigenvalue weighted by Gasteiger charge is 2.26. The number of hydrogen-bond donors (Lipinski definition) is 2. The van der Waals surface area contributed by atoms with Crippen molar-refractivity contribution in [3.8, 4) is 0 Å². The summed E-state index contributed by atoms with van der Waals surface area (Å²) in [6, 6.07) is 18.1. The van der Waals surface area contributed by atoms with Crippen molar-refractivity contribution in [2.45, 2.75) is 44.4 Å². The molecule has 0 aliphatic carbocycles. The third-order valence-electron chi connectivity index (χ3n) is 5.68. The van der Waals surface area contributed by atoms with E-state index in [0.717, 1.165) is 25.8 Å². The van der Waals surface area contributed by atoms with Crippen LogP contribution in [-0.2, 0) is 29.1 Å². The summed E-state index contributed by atoms with van der Waals surface area (Å²) in [7, 11) is 0. The molecule has 150 valence electrons. The summed E-state index contributed by atoms with van der Waals surface area (Å²) in [5, 5.41) is 6.23. The van der Waals surface area contributed by atoms with Crippen LogP contribution in [0.3, 0.4) is 0 Å². The van der Waals surface area contributed by atoms with E-state index in [2.05, 4.69) is 34.9 Å². The maximum absolute atomic E-state index is 12.7. The zero-order valence-electron chi connectivity index (χ0n) is 16.5. The monoisotopic (exact) mass is 389 g/mol. The van der Waals surface area contributed by atoms with Crippen LogP contribution in [0.25, 0.3) is 0 Å². The number of hydrogen-bond acceptors (Lipinski definition) is 3. The topological polar surface area (TPSA) is 61.4 Å². The molecule has 2 N–H and O–H groups in total. The Kier molecular flexibility index (Phi) is 6.06.